The average molecular weight is 444 g/mol. The summed E-state index contributed by atoms with van der Waals surface area (Å²) in [5.74, 6) is 2.77. The van der Waals surface area contributed by atoms with E-state index >= 15 is 0 Å². The maximum absolute atomic E-state index is 11.9. The minimum Gasteiger partial charge on any atom is -0.493 e. The third-order valence-corrected chi connectivity index (χ3v) is 6.90. The number of methoxy groups -OCH3 is 1. The molecule has 1 aliphatic rings. The fourth-order valence-corrected chi connectivity index (χ4v) is 5.09. The van der Waals surface area contributed by atoms with Crippen molar-refractivity contribution in [3.63, 3.8) is 0 Å². The van der Waals surface area contributed by atoms with Gasteiger partial charge in [0.25, 0.3) is 0 Å². The molecule has 9 nitrogen and oxygen atoms in total. The molecule has 164 valence electrons. The summed E-state index contributed by atoms with van der Waals surface area (Å²) in [6, 6.07) is 7.39. The molecule has 2 aromatic heterocycles. The zero-order valence-electron chi connectivity index (χ0n) is 17.3. The summed E-state index contributed by atoms with van der Waals surface area (Å²) in [4.78, 5) is 4.76. The highest BCUT2D eigenvalue weighted by atomic mass is 32.2. The van der Waals surface area contributed by atoms with Crippen molar-refractivity contribution in [2.45, 2.75) is 25.4 Å². The van der Waals surface area contributed by atoms with Crippen molar-refractivity contribution in [3.8, 4) is 22.9 Å². The smallest absolute Gasteiger partial charge is 0.172 e. The molecule has 1 aliphatic heterocycles. The van der Waals surface area contributed by atoms with Gasteiger partial charge in [-0.25, -0.2) is 18.1 Å². The number of aromatic nitrogens is 5. The van der Waals surface area contributed by atoms with Crippen LogP contribution in [-0.4, -0.2) is 58.2 Å². The van der Waals surface area contributed by atoms with Crippen molar-refractivity contribution >= 4 is 9.84 Å². The van der Waals surface area contributed by atoms with Gasteiger partial charge in [-0.3, -0.25) is 4.68 Å². The van der Waals surface area contributed by atoms with Crippen LogP contribution < -0.4 is 9.47 Å². The highest BCUT2D eigenvalue weighted by Crippen LogP contribution is 2.34. The molecule has 31 heavy (non-hydrogen) atoms. The Morgan fingerprint density at radius 2 is 2.06 bits per heavy atom. The second-order valence-corrected chi connectivity index (χ2v) is 9.65. The molecule has 0 unspecified atom stereocenters. The van der Waals surface area contributed by atoms with Crippen molar-refractivity contribution in [2.24, 2.45) is 0 Å². The molecule has 0 radical (unpaired) electrons. The van der Waals surface area contributed by atoms with Crippen LogP contribution in [0.3, 0.4) is 0 Å². The quantitative estimate of drug-likeness (QED) is 0.493. The molecule has 0 spiro atoms. The lowest BCUT2D eigenvalue weighted by Gasteiger charge is -2.23. The van der Waals surface area contributed by atoms with E-state index in [4.69, 9.17) is 19.6 Å². The summed E-state index contributed by atoms with van der Waals surface area (Å²) in [7, 11) is -1.40. The second-order valence-electron chi connectivity index (χ2n) is 7.35. The minimum atomic E-state index is -2.98. The third-order valence-electron chi connectivity index (χ3n) is 5.19. The molecule has 0 N–H and O–H groups in total. The van der Waals surface area contributed by atoms with E-state index in [0.29, 0.717) is 49.1 Å². The Bertz CT molecular complexity index is 1140. The van der Waals surface area contributed by atoms with Gasteiger partial charge in [0.15, 0.2) is 23.1 Å². The lowest BCUT2D eigenvalue weighted by molar-refractivity contribution is 0.326. The summed E-state index contributed by atoms with van der Waals surface area (Å²) >= 11 is 0. The van der Waals surface area contributed by atoms with E-state index in [1.165, 1.54) is 0 Å². The fraction of sp³-hybridized carbons (Fsp3) is 0.381. The highest BCUT2D eigenvalue weighted by molar-refractivity contribution is 7.91. The molecule has 0 bridgehead atoms. The van der Waals surface area contributed by atoms with Crippen molar-refractivity contribution < 1.29 is 17.9 Å². The van der Waals surface area contributed by atoms with Gasteiger partial charge in [-0.1, -0.05) is 12.7 Å². The van der Waals surface area contributed by atoms with Gasteiger partial charge < -0.3 is 9.47 Å². The van der Waals surface area contributed by atoms with E-state index in [0.717, 1.165) is 5.56 Å². The first kappa shape index (κ1) is 21.1. The average Bonchev–Trinajstić information content (AvgIpc) is 3.42. The number of ether oxygens (including phenoxy) is 2. The lowest BCUT2D eigenvalue weighted by Crippen LogP contribution is -2.26. The maximum atomic E-state index is 11.9. The third kappa shape index (κ3) is 4.79. The molecular formula is C21H25N5O4S. The van der Waals surface area contributed by atoms with E-state index in [1.54, 1.807) is 24.1 Å². The second kappa shape index (κ2) is 8.93. The summed E-state index contributed by atoms with van der Waals surface area (Å²) in [5.41, 5.74) is 0.815. The summed E-state index contributed by atoms with van der Waals surface area (Å²) in [6.45, 7) is 4.46. The van der Waals surface area contributed by atoms with E-state index in [2.05, 4.69) is 11.7 Å². The molecule has 1 aromatic carbocycles. The van der Waals surface area contributed by atoms with Crippen LogP contribution in [0.15, 0.2) is 49.3 Å². The van der Waals surface area contributed by atoms with Gasteiger partial charge in [0.1, 0.15) is 23.0 Å². The Morgan fingerprint density at radius 3 is 2.74 bits per heavy atom. The predicted molar refractivity (Wildman–Crippen MR) is 116 cm³/mol. The number of sulfone groups is 1. The van der Waals surface area contributed by atoms with Gasteiger partial charge in [-0.2, -0.15) is 10.2 Å². The zero-order valence-corrected chi connectivity index (χ0v) is 18.2. The lowest BCUT2D eigenvalue weighted by atomic mass is 10.1. The molecule has 1 fully saturated rings. The topological polar surface area (TPSA) is 101 Å². The summed E-state index contributed by atoms with van der Waals surface area (Å²) < 4.78 is 38.6. The normalized spacial score (nSPS) is 16.2. The number of benzene rings is 1. The van der Waals surface area contributed by atoms with E-state index < -0.39 is 9.84 Å². The SMILES string of the molecule is C=CCOc1ccc(-c2nc(Cn3cccn3)nn2C2CCS(=O)(=O)CC2)cc1OC. The molecule has 3 aromatic rings. The largest absolute Gasteiger partial charge is 0.493 e. The van der Waals surface area contributed by atoms with Gasteiger partial charge in [0.2, 0.25) is 0 Å². The highest BCUT2D eigenvalue weighted by Gasteiger charge is 2.28. The molecule has 0 amide bonds. The van der Waals surface area contributed by atoms with Crippen molar-refractivity contribution in [1.82, 2.24) is 24.5 Å². The molecule has 4 rings (SSSR count). The van der Waals surface area contributed by atoms with Crippen LogP contribution in [0, 0.1) is 0 Å². The first-order chi connectivity index (χ1) is 15.0. The summed E-state index contributed by atoms with van der Waals surface area (Å²) in [5, 5.41) is 8.95. The van der Waals surface area contributed by atoms with E-state index in [9.17, 15) is 8.42 Å². The van der Waals surface area contributed by atoms with Crippen LogP contribution in [-0.2, 0) is 16.4 Å². The van der Waals surface area contributed by atoms with Crippen LogP contribution in [0.5, 0.6) is 11.5 Å². The molecule has 10 heteroatoms. The van der Waals surface area contributed by atoms with E-state index in [-0.39, 0.29) is 17.5 Å². The Kier molecular flexibility index (Phi) is 6.08. The van der Waals surface area contributed by atoms with Crippen molar-refractivity contribution in [3.05, 3.63) is 55.1 Å². The number of hydrogen-bond donors (Lipinski definition) is 0. The molecule has 0 aliphatic carbocycles. The first-order valence-electron chi connectivity index (χ1n) is 10.0. The fourth-order valence-electron chi connectivity index (χ4n) is 3.62. The van der Waals surface area contributed by atoms with Gasteiger partial charge >= 0.3 is 0 Å². The maximum Gasteiger partial charge on any atom is 0.172 e. The Balaban J connectivity index is 1.71. The standard InChI is InChI=1S/C21H25N5O4S/c1-3-11-30-18-6-5-16(14-19(18)29-2)21-23-20(15-25-10-4-9-22-25)24-26(21)17-7-12-31(27,28)13-8-17/h3-6,9-10,14,17H,1,7-8,11-13,15H2,2H3. The Labute approximate surface area is 181 Å². The number of nitrogens with zero attached hydrogens (tertiary/aromatic N) is 5. The predicted octanol–water partition coefficient (Wildman–Crippen LogP) is 2.51. The van der Waals surface area contributed by atoms with E-state index in [1.807, 2.05) is 35.1 Å². The molecule has 1 saturated heterocycles. The molecular weight excluding hydrogens is 418 g/mol. The minimum absolute atomic E-state index is 0.0416. The van der Waals surface area contributed by atoms with Crippen LogP contribution in [0.25, 0.3) is 11.4 Å². The monoisotopic (exact) mass is 443 g/mol. The van der Waals surface area contributed by atoms with Gasteiger partial charge in [0.05, 0.1) is 24.7 Å². The van der Waals surface area contributed by atoms with Crippen LogP contribution in [0.1, 0.15) is 24.7 Å². The molecule has 0 atom stereocenters. The molecule has 0 saturated carbocycles. The van der Waals surface area contributed by atoms with Crippen molar-refractivity contribution in [2.75, 3.05) is 25.2 Å². The number of hydrogen-bond acceptors (Lipinski definition) is 7. The van der Waals surface area contributed by atoms with Gasteiger partial charge in [0, 0.05) is 18.0 Å². The van der Waals surface area contributed by atoms with Crippen molar-refractivity contribution in [1.29, 1.82) is 0 Å². The summed E-state index contributed by atoms with van der Waals surface area (Å²) in [6.07, 6.45) is 6.25. The van der Waals surface area contributed by atoms with Crippen LogP contribution >= 0.6 is 0 Å². The van der Waals surface area contributed by atoms with Crippen LogP contribution in [0.4, 0.5) is 0 Å². The number of rotatable bonds is 8. The van der Waals surface area contributed by atoms with Crippen LogP contribution in [0.2, 0.25) is 0 Å². The Morgan fingerprint density at radius 1 is 1.26 bits per heavy atom. The van der Waals surface area contributed by atoms with Gasteiger partial charge in [-0.05, 0) is 37.1 Å². The Hall–Kier alpha value is -3.14. The first-order valence-corrected chi connectivity index (χ1v) is 11.9. The molecule has 3 heterocycles. The van der Waals surface area contributed by atoms with Gasteiger partial charge in [-0.15, -0.1) is 0 Å². The zero-order chi connectivity index (χ0) is 21.8.